The van der Waals surface area contributed by atoms with Crippen molar-refractivity contribution in [3.8, 4) is 6.07 Å². The van der Waals surface area contributed by atoms with E-state index in [1.807, 2.05) is 23.6 Å². The minimum Gasteiger partial charge on any atom is -0.337 e. The molecule has 2 rings (SSSR count). The summed E-state index contributed by atoms with van der Waals surface area (Å²) in [7, 11) is 1.77. The molecule has 19 heavy (non-hydrogen) atoms. The van der Waals surface area contributed by atoms with Crippen molar-refractivity contribution in [1.82, 2.24) is 4.90 Å². The maximum Gasteiger partial charge on any atom is 0.254 e. The van der Waals surface area contributed by atoms with Crippen molar-refractivity contribution in [1.29, 1.82) is 5.26 Å². The molecular formula is C14H11IN2OS. The number of carbonyl (C=O) groups excluding carboxylic acids is 1. The van der Waals surface area contributed by atoms with Gasteiger partial charge in [0.25, 0.3) is 5.91 Å². The predicted molar refractivity (Wildman–Crippen MR) is 84.0 cm³/mol. The second-order valence-electron chi connectivity index (χ2n) is 4.11. The first-order valence-electron chi connectivity index (χ1n) is 5.58. The molecule has 0 spiro atoms. The number of nitriles is 1. The Morgan fingerprint density at radius 1 is 1.47 bits per heavy atom. The monoisotopic (exact) mass is 382 g/mol. The highest BCUT2D eigenvalue weighted by atomic mass is 127. The summed E-state index contributed by atoms with van der Waals surface area (Å²) in [5, 5.41) is 10.7. The molecule has 0 aliphatic rings. The van der Waals surface area contributed by atoms with Gasteiger partial charge in [-0.25, -0.2) is 0 Å². The zero-order valence-electron chi connectivity index (χ0n) is 10.3. The number of benzene rings is 1. The second kappa shape index (κ2) is 6.17. The van der Waals surface area contributed by atoms with E-state index >= 15 is 0 Å². The molecule has 1 heterocycles. The summed E-state index contributed by atoms with van der Waals surface area (Å²) in [6.45, 7) is 0.501. The summed E-state index contributed by atoms with van der Waals surface area (Å²) in [6.07, 6.45) is 0. The van der Waals surface area contributed by atoms with E-state index < -0.39 is 0 Å². The van der Waals surface area contributed by atoms with Gasteiger partial charge in [-0.2, -0.15) is 5.26 Å². The molecule has 5 heteroatoms. The van der Waals surface area contributed by atoms with Gasteiger partial charge in [0.05, 0.1) is 20.1 Å². The van der Waals surface area contributed by atoms with Crippen LogP contribution in [-0.2, 0) is 6.54 Å². The van der Waals surface area contributed by atoms with Crippen LogP contribution in [0, 0.1) is 14.2 Å². The fourth-order valence-corrected chi connectivity index (χ4v) is 3.05. The van der Waals surface area contributed by atoms with Crippen molar-refractivity contribution in [2.75, 3.05) is 7.05 Å². The van der Waals surface area contributed by atoms with Crippen LogP contribution < -0.4 is 0 Å². The highest BCUT2D eigenvalue weighted by molar-refractivity contribution is 14.1. The van der Waals surface area contributed by atoms with Crippen LogP contribution >= 0.6 is 33.9 Å². The lowest BCUT2D eigenvalue weighted by Gasteiger charge is -2.16. The van der Waals surface area contributed by atoms with E-state index in [0.717, 1.165) is 8.45 Å². The van der Waals surface area contributed by atoms with Gasteiger partial charge in [0.2, 0.25) is 0 Å². The van der Waals surface area contributed by atoms with Crippen molar-refractivity contribution in [2.45, 2.75) is 6.54 Å². The Kier molecular flexibility index (Phi) is 4.56. The Bertz CT molecular complexity index is 645. The fraction of sp³-hybridized carbons (Fsp3) is 0.143. The number of hydrogen-bond donors (Lipinski definition) is 0. The van der Waals surface area contributed by atoms with E-state index in [0.29, 0.717) is 17.7 Å². The second-order valence-corrected chi connectivity index (χ2v) is 6.92. The Labute approximate surface area is 129 Å². The summed E-state index contributed by atoms with van der Waals surface area (Å²) in [5.74, 6) is 0.00141. The SMILES string of the molecule is CN(Cc1cccc(C#N)c1)C(=O)c1csc(I)c1. The van der Waals surface area contributed by atoms with Crippen LogP contribution in [0.15, 0.2) is 35.7 Å². The molecule has 0 N–H and O–H groups in total. The number of nitrogens with zero attached hydrogens (tertiary/aromatic N) is 2. The molecule has 1 amide bonds. The third-order valence-electron chi connectivity index (χ3n) is 2.64. The average Bonchev–Trinajstić information content (AvgIpc) is 2.84. The standard InChI is InChI=1S/C14H11IN2OS/c1-17(14(18)12-6-13(15)19-9-12)8-11-4-2-3-10(5-11)7-16/h2-6,9H,8H2,1H3. The van der Waals surface area contributed by atoms with E-state index in [1.165, 1.54) is 0 Å². The smallest absolute Gasteiger partial charge is 0.254 e. The summed E-state index contributed by atoms with van der Waals surface area (Å²) >= 11 is 3.76. The third kappa shape index (κ3) is 3.55. The Morgan fingerprint density at radius 2 is 2.26 bits per heavy atom. The van der Waals surface area contributed by atoms with Crippen molar-refractivity contribution in [3.05, 3.63) is 55.3 Å². The largest absolute Gasteiger partial charge is 0.337 e. The van der Waals surface area contributed by atoms with Crippen LogP contribution in [0.3, 0.4) is 0 Å². The number of rotatable bonds is 3. The summed E-state index contributed by atoms with van der Waals surface area (Å²) in [4.78, 5) is 13.8. The lowest BCUT2D eigenvalue weighted by Crippen LogP contribution is -2.25. The predicted octanol–water partition coefficient (Wildman–Crippen LogP) is 3.50. The van der Waals surface area contributed by atoms with Gasteiger partial charge < -0.3 is 4.90 Å². The van der Waals surface area contributed by atoms with Crippen molar-refractivity contribution >= 4 is 39.8 Å². The molecule has 0 fully saturated rings. The number of amides is 1. The molecule has 0 unspecified atom stereocenters. The van der Waals surface area contributed by atoms with Crippen molar-refractivity contribution in [2.24, 2.45) is 0 Å². The molecule has 0 saturated carbocycles. The van der Waals surface area contributed by atoms with Gasteiger partial charge in [-0.05, 0) is 46.4 Å². The topological polar surface area (TPSA) is 44.1 Å². The Morgan fingerprint density at radius 3 is 2.89 bits per heavy atom. The molecule has 3 nitrogen and oxygen atoms in total. The van der Waals surface area contributed by atoms with Crippen molar-refractivity contribution in [3.63, 3.8) is 0 Å². The first kappa shape index (κ1) is 14.0. The van der Waals surface area contributed by atoms with Gasteiger partial charge in [0.1, 0.15) is 0 Å². The number of hydrogen-bond acceptors (Lipinski definition) is 3. The van der Waals surface area contributed by atoms with E-state index in [-0.39, 0.29) is 5.91 Å². The minimum atomic E-state index is 0.00141. The van der Waals surface area contributed by atoms with Gasteiger partial charge in [0.15, 0.2) is 0 Å². The maximum atomic E-state index is 12.2. The molecule has 0 aliphatic carbocycles. The fourth-order valence-electron chi connectivity index (χ4n) is 1.73. The molecule has 0 radical (unpaired) electrons. The lowest BCUT2D eigenvalue weighted by atomic mass is 10.1. The minimum absolute atomic E-state index is 0.00141. The lowest BCUT2D eigenvalue weighted by molar-refractivity contribution is 0.0785. The van der Waals surface area contributed by atoms with Crippen LogP contribution in [0.5, 0.6) is 0 Å². The molecule has 96 valence electrons. The van der Waals surface area contributed by atoms with Gasteiger partial charge >= 0.3 is 0 Å². The van der Waals surface area contributed by atoms with E-state index in [1.54, 1.807) is 35.4 Å². The third-order valence-corrected chi connectivity index (χ3v) is 4.43. The molecule has 0 saturated heterocycles. The first-order valence-corrected chi connectivity index (χ1v) is 7.54. The molecule has 1 aromatic carbocycles. The quantitative estimate of drug-likeness (QED) is 0.763. The molecule has 1 aromatic heterocycles. The Hall–Kier alpha value is -1.39. The summed E-state index contributed by atoms with van der Waals surface area (Å²) in [5.41, 5.74) is 2.29. The summed E-state index contributed by atoms with van der Waals surface area (Å²) in [6, 6.07) is 11.3. The summed E-state index contributed by atoms with van der Waals surface area (Å²) < 4.78 is 1.10. The van der Waals surface area contributed by atoms with Crippen LogP contribution in [0.1, 0.15) is 21.5 Å². The highest BCUT2D eigenvalue weighted by Gasteiger charge is 2.13. The zero-order valence-corrected chi connectivity index (χ0v) is 13.2. The van der Waals surface area contributed by atoms with Gasteiger partial charge in [0, 0.05) is 19.0 Å². The first-order chi connectivity index (χ1) is 9.10. The normalized spacial score (nSPS) is 9.95. The van der Waals surface area contributed by atoms with Crippen LogP contribution in [0.2, 0.25) is 0 Å². The van der Waals surface area contributed by atoms with Crippen molar-refractivity contribution < 1.29 is 4.79 Å². The van der Waals surface area contributed by atoms with Crippen LogP contribution in [-0.4, -0.2) is 17.9 Å². The molecule has 0 atom stereocenters. The number of halogens is 1. The van der Waals surface area contributed by atoms with Gasteiger partial charge in [-0.15, -0.1) is 11.3 Å². The van der Waals surface area contributed by atoms with Gasteiger partial charge in [-0.3, -0.25) is 4.79 Å². The highest BCUT2D eigenvalue weighted by Crippen LogP contribution is 2.18. The molecular weight excluding hydrogens is 371 g/mol. The molecule has 0 aliphatic heterocycles. The average molecular weight is 382 g/mol. The Balaban J connectivity index is 2.10. The number of thiophene rings is 1. The van der Waals surface area contributed by atoms with Crippen LogP contribution in [0.4, 0.5) is 0 Å². The molecule has 0 bridgehead atoms. The van der Waals surface area contributed by atoms with E-state index in [2.05, 4.69) is 28.7 Å². The maximum absolute atomic E-state index is 12.2. The number of carbonyl (C=O) groups is 1. The molecule has 2 aromatic rings. The van der Waals surface area contributed by atoms with E-state index in [9.17, 15) is 4.79 Å². The van der Waals surface area contributed by atoms with Crippen LogP contribution in [0.25, 0.3) is 0 Å². The zero-order chi connectivity index (χ0) is 13.8. The van der Waals surface area contributed by atoms with E-state index in [4.69, 9.17) is 5.26 Å². The van der Waals surface area contributed by atoms with Gasteiger partial charge in [-0.1, -0.05) is 12.1 Å².